The van der Waals surface area contributed by atoms with Gasteiger partial charge in [-0.1, -0.05) is 30.7 Å². The minimum Gasteiger partial charge on any atom is -0.258 e. The lowest BCUT2D eigenvalue weighted by Crippen LogP contribution is -2.34. The van der Waals surface area contributed by atoms with Crippen molar-refractivity contribution in [3.8, 4) is 0 Å². The minimum atomic E-state index is -0.628. The standard InChI is InChI=1S/C19H17ClN3O4/c1-2-8-21-9-7-13(15-5-3-4-6-17(15)21)10-16-18(22(24)25)11-14(20)12-19(16)23(26)27/h3-7,9,11-12H,2,8,10H2,1H3/q+1. The van der Waals surface area contributed by atoms with Crippen LogP contribution in [0.1, 0.15) is 24.5 Å². The van der Waals surface area contributed by atoms with Crippen LogP contribution in [0, 0.1) is 20.2 Å². The Balaban J connectivity index is 2.20. The van der Waals surface area contributed by atoms with Crippen molar-refractivity contribution in [2.45, 2.75) is 26.3 Å². The van der Waals surface area contributed by atoms with Crippen molar-refractivity contribution in [3.63, 3.8) is 0 Å². The predicted molar refractivity (Wildman–Crippen MR) is 102 cm³/mol. The number of pyridine rings is 1. The van der Waals surface area contributed by atoms with Gasteiger partial charge in [0.05, 0.1) is 14.9 Å². The zero-order valence-electron chi connectivity index (χ0n) is 14.6. The molecule has 0 aliphatic carbocycles. The summed E-state index contributed by atoms with van der Waals surface area (Å²) in [5.74, 6) is 0. The molecule has 0 saturated carbocycles. The molecule has 138 valence electrons. The molecule has 3 rings (SSSR count). The molecule has 27 heavy (non-hydrogen) atoms. The number of halogens is 1. The molecule has 0 radical (unpaired) electrons. The van der Waals surface area contributed by atoms with Gasteiger partial charge in [0, 0.05) is 42.5 Å². The van der Waals surface area contributed by atoms with E-state index in [9.17, 15) is 20.2 Å². The smallest absolute Gasteiger partial charge is 0.258 e. The molecule has 1 heterocycles. The van der Waals surface area contributed by atoms with E-state index in [2.05, 4.69) is 11.5 Å². The summed E-state index contributed by atoms with van der Waals surface area (Å²) in [7, 11) is 0. The van der Waals surface area contributed by atoms with Crippen molar-refractivity contribution in [2.24, 2.45) is 0 Å². The van der Waals surface area contributed by atoms with E-state index in [0.29, 0.717) is 0 Å². The first kappa shape index (κ1) is 18.7. The van der Waals surface area contributed by atoms with Gasteiger partial charge < -0.3 is 0 Å². The van der Waals surface area contributed by atoms with Crippen LogP contribution >= 0.6 is 11.6 Å². The molecule has 3 aromatic rings. The Morgan fingerprint density at radius 2 is 1.67 bits per heavy atom. The first-order valence-electron chi connectivity index (χ1n) is 8.43. The Bertz CT molecular complexity index is 1020. The van der Waals surface area contributed by atoms with E-state index in [0.717, 1.165) is 41.6 Å². The average Bonchev–Trinajstić information content (AvgIpc) is 2.64. The monoisotopic (exact) mass is 386 g/mol. The summed E-state index contributed by atoms with van der Waals surface area (Å²) < 4.78 is 2.10. The summed E-state index contributed by atoms with van der Waals surface area (Å²) in [6.45, 7) is 2.91. The fraction of sp³-hybridized carbons (Fsp3) is 0.211. The first-order chi connectivity index (χ1) is 12.9. The molecular formula is C19H17ClN3O4+. The van der Waals surface area contributed by atoms with Gasteiger partial charge in [0.15, 0.2) is 6.20 Å². The van der Waals surface area contributed by atoms with Crippen LogP contribution in [0.2, 0.25) is 5.02 Å². The maximum absolute atomic E-state index is 11.5. The molecule has 7 nitrogen and oxygen atoms in total. The molecule has 0 spiro atoms. The zero-order chi connectivity index (χ0) is 19.6. The van der Waals surface area contributed by atoms with Gasteiger partial charge in [-0.15, -0.1) is 0 Å². The summed E-state index contributed by atoms with van der Waals surface area (Å²) in [6, 6.07) is 11.9. The molecule has 1 aromatic heterocycles. The van der Waals surface area contributed by atoms with Crippen molar-refractivity contribution >= 4 is 33.9 Å². The number of aromatic nitrogens is 1. The fourth-order valence-corrected chi connectivity index (χ4v) is 3.45. The maximum Gasteiger partial charge on any atom is 0.281 e. The third-order valence-electron chi connectivity index (χ3n) is 4.41. The molecule has 0 aliphatic heterocycles. The largest absolute Gasteiger partial charge is 0.281 e. The summed E-state index contributed by atoms with van der Waals surface area (Å²) in [6.07, 6.45) is 2.94. The third kappa shape index (κ3) is 3.73. The number of rotatable bonds is 6. The third-order valence-corrected chi connectivity index (χ3v) is 4.63. The average molecular weight is 387 g/mol. The molecule has 0 fully saturated rings. The highest BCUT2D eigenvalue weighted by atomic mass is 35.5. The van der Waals surface area contributed by atoms with E-state index in [1.807, 2.05) is 36.5 Å². The molecule has 0 amide bonds. The van der Waals surface area contributed by atoms with Gasteiger partial charge >= 0.3 is 0 Å². The number of nitro groups is 2. The van der Waals surface area contributed by atoms with Gasteiger partial charge in [-0.2, -0.15) is 4.57 Å². The lowest BCUT2D eigenvalue weighted by Gasteiger charge is -2.08. The molecule has 0 N–H and O–H groups in total. The highest BCUT2D eigenvalue weighted by Crippen LogP contribution is 2.35. The Labute approximate surface area is 160 Å². The first-order valence-corrected chi connectivity index (χ1v) is 8.81. The van der Waals surface area contributed by atoms with Gasteiger partial charge in [-0.25, -0.2) is 0 Å². The van der Waals surface area contributed by atoms with Crippen molar-refractivity contribution < 1.29 is 14.4 Å². The van der Waals surface area contributed by atoms with Crippen LogP contribution in [0.4, 0.5) is 11.4 Å². The Hall–Kier alpha value is -3.06. The van der Waals surface area contributed by atoms with Crippen LogP contribution in [-0.4, -0.2) is 9.85 Å². The number of nitro benzene ring substituents is 2. The minimum absolute atomic E-state index is 0.0316. The molecule has 0 atom stereocenters. The number of aryl methyl sites for hydroxylation is 1. The molecular weight excluding hydrogens is 370 g/mol. The zero-order valence-corrected chi connectivity index (χ0v) is 15.3. The van der Waals surface area contributed by atoms with Gasteiger partial charge in [-0.3, -0.25) is 20.2 Å². The molecule has 0 unspecified atom stereocenters. The summed E-state index contributed by atoms with van der Waals surface area (Å²) in [4.78, 5) is 21.7. The summed E-state index contributed by atoms with van der Waals surface area (Å²) >= 11 is 5.85. The van der Waals surface area contributed by atoms with Crippen LogP contribution in [0.25, 0.3) is 10.9 Å². The second-order valence-corrected chi connectivity index (χ2v) is 6.60. The Kier molecular flexibility index (Phi) is 5.32. The summed E-state index contributed by atoms with van der Waals surface area (Å²) in [5.41, 5.74) is 1.13. The SMILES string of the molecule is CCC[n+]1ccc(Cc2c([N+](=O)[O-])cc(Cl)cc2[N+](=O)[O-])c2ccccc21. The van der Waals surface area contributed by atoms with Crippen molar-refractivity contribution in [3.05, 3.63) is 85.0 Å². The van der Waals surface area contributed by atoms with Crippen LogP contribution in [-0.2, 0) is 13.0 Å². The van der Waals surface area contributed by atoms with Crippen LogP contribution in [0.15, 0.2) is 48.7 Å². The van der Waals surface area contributed by atoms with Gasteiger partial charge in [0.2, 0.25) is 5.52 Å². The van der Waals surface area contributed by atoms with Crippen LogP contribution in [0.5, 0.6) is 0 Å². The molecule has 0 bridgehead atoms. The lowest BCUT2D eigenvalue weighted by atomic mass is 9.98. The van der Waals surface area contributed by atoms with E-state index in [4.69, 9.17) is 11.6 Å². The molecule has 0 aliphatic rings. The maximum atomic E-state index is 11.5. The molecule has 0 saturated heterocycles. The van der Waals surface area contributed by atoms with Crippen molar-refractivity contribution in [1.29, 1.82) is 0 Å². The number of nitrogens with zero attached hydrogens (tertiary/aromatic N) is 3. The van der Waals surface area contributed by atoms with Gasteiger partial charge in [0.25, 0.3) is 11.4 Å². The quantitative estimate of drug-likeness (QED) is 0.351. The number of hydrogen-bond donors (Lipinski definition) is 0. The number of fused-ring (bicyclic) bond motifs is 1. The molecule has 8 heteroatoms. The van der Waals surface area contributed by atoms with Crippen molar-refractivity contribution in [1.82, 2.24) is 0 Å². The van der Waals surface area contributed by atoms with Gasteiger partial charge in [-0.05, 0) is 11.6 Å². The topological polar surface area (TPSA) is 90.2 Å². The second-order valence-electron chi connectivity index (χ2n) is 6.17. The highest BCUT2D eigenvalue weighted by Gasteiger charge is 2.27. The second kappa shape index (κ2) is 7.67. The van der Waals surface area contributed by atoms with E-state index in [-0.39, 0.29) is 28.4 Å². The van der Waals surface area contributed by atoms with E-state index in [1.165, 1.54) is 0 Å². The van der Waals surface area contributed by atoms with Crippen LogP contribution < -0.4 is 4.57 Å². The number of para-hydroxylation sites is 1. The van der Waals surface area contributed by atoms with Gasteiger partial charge in [0.1, 0.15) is 12.1 Å². The van der Waals surface area contributed by atoms with Crippen molar-refractivity contribution in [2.75, 3.05) is 0 Å². The fourth-order valence-electron chi connectivity index (χ4n) is 3.24. The number of benzene rings is 2. The van der Waals surface area contributed by atoms with E-state index >= 15 is 0 Å². The molecule has 2 aromatic carbocycles. The number of hydrogen-bond acceptors (Lipinski definition) is 4. The Morgan fingerprint density at radius 1 is 1.04 bits per heavy atom. The van der Waals surface area contributed by atoms with E-state index < -0.39 is 9.85 Å². The van der Waals surface area contributed by atoms with Crippen LogP contribution in [0.3, 0.4) is 0 Å². The summed E-state index contributed by atoms with van der Waals surface area (Å²) in [5, 5.41) is 23.8. The lowest BCUT2D eigenvalue weighted by molar-refractivity contribution is -0.671. The Morgan fingerprint density at radius 3 is 2.26 bits per heavy atom. The normalized spacial score (nSPS) is 10.9. The van der Waals surface area contributed by atoms with E-state index in [1.54, 1.807) is 0 Å². The highest BCUT2D eigenvalue weighted by molar-refractivity contribution is 6.31. The predicted octanol–water partition coefficient (Wildman–Crippen LogP) is 4.60.